The van der Waals surface area contributed by atoms with Gasteiger partial charge in [-0.2, -0.15) is 0 Å². The van der Waals surface area contributed by atoms with Crippen LogP contribution in [0.25, 0.3) is 0 Å². The van der Waals surface area contributed by atoms with E-state index in [-0.39, 0.29) is 26.4 Å². The van der Waals surface area contributed by atoms with Crippen molar-refractivity contribution >= 4 is 0 Å². The van der Waals surface area contributed by atoms with Crippen molar-refractivity contribution in [2.45, 2.75) is 51.0 Å². The van der Waals surface area contributed by atoms with Crippen LogP contribution in [-0.4, -0.2) is 108 Å². The molecule has 0 aliphatic heterocycles. The van der Waals surface area contributed by atoms with Gasteiger partial charge in [-0.25, -0.2) is 0 Å². The minimum absolute atomic E-state index is 0.165. The van der Waals surface area contributed by atoms with Crippen molar-refractivity contribution in [1.29, 1.82) is 0 Å². The number of aliphatic hydroxyl groups excluding tert-OH is 6. The molecule has 10 nitrogen and oxygen atoms in total. The van der Waals surface area contributed by atoms with E-state index in [4.69, 9.17) is 49.6 Å². The third-order valence-corrected chi connectivity index (χ3v) is 3.45. The molecule has 0 spiro atoms. The topological polar surface area (TPSA) is 158 Å². The molecule has 0 rings (SSSR count). The van der Waals surface area contributed by atoms with Gasteiger partial charge in [-0.1, -0.05) is 6.92 Å². The highest BCUT2D eigenvalue weighted by molar-refractivity contribution is 4.69. The van der Waals surface area contributed by atoms with E-state index in [0.717, 1.165) is 0 Å². The quantitative estimate of drug-likeness (QED) is 0.188. The lowest BCUT2D eigenvalue weighted by atomic mass is 10.2. The third kappa shape index (κ3) is 10.7. The summed E-state index contributed by atoms with van der Waals surface area (Å²) in [5.41, 5.74) is 0. The Morgan fingerprint density at radius 3 is 1.54 bits per heavy atom. The SMILES string of the molecule is CCC(CO)OC(CO)(CO)OC.CCOC(C)(CO)OC(CO)CO. The average molecular weight is 388 g/mol. The maximum Gasteiger partial charge on any atom is 0.215 e. The zero-order valence-corrected chi connectivity index (χ0v) is 16.1. The second kappa shape index (κ2) is 15.6. The van der Waals surface area contributed by atoms with Crippen molar-refractivity contribution in [3.8, 4) is 0 Å². The van der Waals surface area contributed by atoms with Crippen LogP contribution in [-0.2, 0) is 18.9 Å². The van der Waals surface area contributed by atoms with Crippen LogP contribution in [0, 0.1) is 0 Å². The molecule has 2 atom stereocenters. The van der Waals surface area contributed by atoms with Gasteiger partial charge in [-0.3, -0.25) is 0 Å². The van der Waals surface area contributed by atoms with E-state index in [1.807, 2.05) is 6.92 Å². The van der Waals surface area contributed by atoms with Gasteiger partial charge in [0.1, 0.15) is 6.10 Å². The Morgan fingerprint density at radius 2 is 1.27 bits per heavy atom. The molecule has 6 N–H and O–H groups in total. The van der Waals surface area contributed by atoms with Crippen molar-refractivity contribution in [2.24, 2.45) is 0 Å². The molecule has 0 saturated heterocycles. The monoisotopic (exact) mass is 388 g/mol. The molecule has 0 aliphatic carbocycles. The van der Waals surface area contributed by atoms with Crippen molar-refractivity contribution in [2.75, 3.05) is 53.4 Å². The summed E-state index contributed by atoms with van der Waals surface area (Å²) in [6, 6.07) is 0. The fraction of sp³-hybridized carbons (Fsp3) is 1.00. The zero-order chi connectivity index (χ0) is 20.6. The van der Waals surface area contributed by atoms with Crippen LogP contribution >= 0.6 is 0 Å². The number of hydrogen-bond donors (Lipinski definition) is 6. The molecule has 0 aliphatic rings. The van der Waals surface area contributed by atoms with E-state index in [1.54, 1.807) is 13.8 Å². The number of methoxy groups -OCH3 is 1. The summed E-state index contributed by atoms with van der Waals surface area (Å²) >= 11 is 0. The van der Waals surface area contributed by atoms with E-state index < -0.39 is 37.0 Å². The second-order valence-corrected chi connectivity index (χ2v) is 5.59. The summed E-state index contributed by atoms with van der Waals surface area (Å²) in [4.78, 5) is 0. The highest BCUT2D eigenvalue weighted by Crippen LogP contribution is 2.15. The average Bonchev–Trinajstić information content (AvgIpc) is 2.68. The predicted molar refractivity (Wildman–Crippen MR) is 92.3 cm³/mol. The van der Waals surface area contributed by atoms with Crippen molar-refractivity contribution in [3.63, 3.8) is 0 Å². The third-order valence-electron chi connectivity index (χ3n) is 3.45. The van der Waals surface area contributed by atoms with Crippen LogP contribution in [0.2, 0.25) is 0 Å². The predicted octanol–water partition coefficient (Wildman–Crippen LogP) is -1.80. The van der Waals surface area contributed by atoms with Crippen LogP contribution in [0.3, 0.4) is 0 Å². The summed E-state index contributed by atoms with van der Waals surface area (Å²) in [6.45, 7) is 3.54. The van der Waals surface area contributed by atoms with E-state index in [1.165, 1.54) is 7.11 Å². The Labute approximate surface area is 154 Å². The summed E-state index contributed by atoms with van der Waals surface area (Å²) in [6.07, 6.45) is -0.565. The maximum atomic E-state index is 8.94. The minimum Gasteiger partial charge on any atom is -0.394 e. The molecule has 0 aromatic carbocycles. The molecule has 0 aromatic heterocycles. The molecule has 160 valence electrons. The van der Waals surface area contributed by atoms with Crippen molar-refractivity contribution in [3.05, 3.63) is 0 Å². The molecular weight excluding hydrogens is 352 g/mol. The van der Waals surface area contributed by atoms with Gasteiger partial charge < -0.3 is 49.6 Å². The Hall–Kier alpha value is -0.400. The number of hydrogen-bond acceptors (Lipinski definition) is 10. The van der Waals surface area contributed by atoms with Gasteiger partial charge in [0.25, 0.3) is 0 Å². The van der Waals surface area contributed by atoms with Crippen LogP contribution < -0.4 is 0 Å². The summed E-state index contributed by atoms with van der Waals surface area (Å²) in [5.74, 6) is -2.55. The largest absolute Gasteiger partial charge is 0.394 e. The van der Waals surface area contributed by atoms with Gasteiger partial charge in [0.05, 0.1) is 45.7 Å². The van der Waals surface area contributed by atoms with E-state index >= 15 is 0 Å². The maximum absolute atomic E-state index is 8.94. The lowest BCUT2D eigenvalue weighted by Gasteiger charge is -2.31. The fourth-order valence-electron chi connectivity index (χ4n) is 1.76. The number of ether oxygens (including phenoxy) is 4. The molecule has 2 unspecified atom stereocenters. The highest BCUT2D eigenvalue weighted by Gasteiger charge is 2.32. The molecule has 26 heavy (non-hydrogen) atoms. The number of rotatable bonds is 14. The van der Waals surface area contributed by atoms with Gasteiger partial charge in [0.15, 0.2) is 5.79 Å². The van der Waals surface area contributed by atoms with Gasteiger partial charge in [-0.05, 0) is 20.3 Å². The minimum atomic E-state index is -1.40. The van der Waals surface area contributed by atoms with E-state index in [2.05, 4.69) is 0 Å². The van der Waals surface area contributed by atoms with Gasteiger partial charge in [-0.15, -0.1) is 0 Å². The second-order valence-electron chi connectivity index (χ2n) is 5.59. The Bertz CT molecular complexity index is 297. The van der Waals surface area contributed by atoms with E-state index in [0.29, 0.717) is 13.0 Å². The Kier molecular flexibility index (Phi) is 16.7. The van der Waals surface area contributed by atoms with Gasteiger partial charge in [0, 0.05) is 13.7 Å². The first-order chi connectivity index (χ1) is 12.3. The molecule has 0 bridgehead atoms. The van der Waals surface area contributed by atoms with E-state index in [9.17, 15) is 0 Å². The molecular formula is C16H36O10. The lowest BCUT2D eigenvalue weighted by Crippen LogP contribution is -2.46. The first-order valence-corrected chi connectivity index (χ1v) is 8.49. The molecule has 10 heteroatoms. The van der Waals surface area contributed by atoms with Crippen LogP contribution in [0.4, 0.5) is 0 Å². The van der Waals surface area contributed by atoms with Crippen LogP contribution in [0.5, 0.6) is 0 Å². The fourth-order valence-corrected chi connectivity index (χ4v) is 1.76. The first kappa shape index (κ1) is 27.8. The summed E-state index contributed by atoms with van der Waals surface area (Å²) < 4.78 is 20.3. The van der Waals surface area contributed by atoms with Gasteiger partial charge >= 0.3 is 0 Å². The first-order valence-electron chi connectivity index (χ1n) is 8.49. The molecule has 0 heterocycles. The normalized spacial score (nSPS) is 15.3. The Morgan fingerprint density at radius 1 is 0.769 bits per heavy atom. The van der Waals surface area contributed by atoms with Crippen molar-refractivity contribution in [1.82, 2.24) is 0 Å². The smallest absolute Gasteiger partial charge is 0.215 e. The molecule has 0 aromatic rings. The summed E-state index contributed by atoms with van der Waals surface area (Å²) in [5, 5.41) is 53.1. The lowest BCUT2D eigenvalue weighted by molar-refractivity contribution is -0.282. The highest BCUT2D eigenvalue weighted by atomic mass is 16.7. The molecule has 0 saturated carbocycles. The van der Waals surface area contributed by atoms with Gasteiger partial charge in [0.2, 0.25) is 5.79 Å². The van der Waals surface area contributed by atoms with Crippen molar-refractivity contribution < 1.29 is 49.6 Å². The molecule has 0 radical (unpaired) electrons. The van der Waals surface area contributed by atoms with Crippen LogP contribution in [0.1, 0.15) is 27.2 Å². The molecule has 0 amide bonds. The van der Waals surface area contributed by atoms with Crippen LogP contribution in [0.15, 0.2) is 0 Å². The number of aliphatic hydroxyl groups is 6. The summed E-state index contributed by atoms with van der Waals surface area (Å²) in [7, 11) is 1.33. The standard InChI is InChI=1S/2C8H18O5/c1-3-12-8(2,6-11)13-7(4-9)5-10;1-3-7(4-9)13-8(5-10,6-11)12-2/h2*7,9-11H,3-6H2,1-2H3. The Balaban J connectivity index is 0. The zero-order valence-electron chi connectivity index (χ0n) is 16.1. The molecule has 0 fully saturated rings.